The monoisotopic (exact) mass is 417 g/mol. The molecule has 1 saturated carbocycles. The summed E-state index contributed by atoms with van der Waals surface area (Å²) < 4.78 is 7.39. The molecule has 4 rings (SSSR count). The van der Waals surface area contributed by atoms with E-state index in [-0.39, 0.29) is 23.2 Å². The fourth-order valence-corrected chi connectivity index (χ4v) is 3.63. The molecule has 29 heavy (non-hydrogen) atoms. The average molecular weight is 418 g/mol. The van der Waals surface area contributed by atoms with Crippen molar-refractivity contribution < 1.29 is 19.1 Å². The number of aromatic nitrogens is 2. The topological polar surface area (TPSA) is 114 Å². The number of nitrogens with one attached hydrogen (secondary N) is 3. The molecule has 2 heterocycles. The minimum atomic E-state index is -1.51. The van der Waals surface area contributed by atoms with Gasteiger partial charge in [0, 0.05) is 19.4 Å². The van der Waals surface area contributed by atoms with Gasteiger partial charge < -0.3 is 19.9 Å². The number of halogens is 1. The molecule has 2 aliphatic rings. The van der Waals surface area contributed by atoms with Crippen LogP contribution >= 0.6 is 11.6 Å². The number of hydrogen-bond donors (Lipinski definition) is 3. The number of imidazole rings is 1. The zero-order valence-corrected chi connectivity index (χ0v) is 16.5. The highest BCUT2D eigenvalue weighted by atomic mass is 35.5. The molecule has 1 saturated heterocycles. The van der Waals surface area contributed by atoms with Crippen LogP contribution < -0.4 is 20.7 Å². The summed E-state index contributed by atoms with van der Waals surface area (Å²) >= 11 is 6.27. The van der Waals surface area contributed by atoms with Crippen LogP contribution in [0.5, 0.6) is 5.75 Å². The predicted octanol–water partition coefficient (Wildman–Crippen LogP) is 1.47. The van der Waals surface area contributed by atoms with Crippen LogP contribution in [0.3, 0.4) is 0 Å². The van der Waals surface area contributed by atoms with Crippen LogP contribution in [0.15, 0.2) is 30.6 Å². The van der Waals surface area contributed by atoms with E-state index in [4.69, 9.17) is 16.3 Å². The van der Waals surface area contributed by atoms with Crippen molar-refractivity contribution in [3.05, 3.63) is 47.0 Å². The van der Waals surface area contributed by atoms with Crippen LogP contribution in [0.1, 0.15) is 35.4 Å². The number of nitrogens with zero attached hydrogens (tertiary/aromatic N) is 2. The molecule has 2 fully saturated rings. The van der Waals surface area contributed by atoms with E-state index in [1.807, 2.05) is 0 Å². The van der Waals surface area contributed by atoms with E-state index in [1.165, 1.54) is 6.20 Å². The summed E-state index contributed by atoms with van der Waals surface area (Å²) in [5.41, 5.74) is -1.27. The van der Waals surface area contributed by atoms with Gasteiger partial charge in [-0.05, 0) is 37.5 Å². The van der Waals surface area contributed by atoms with Crippen molar-refractivity contribution in [3.8, 4) is 5.75 Å². The molecule has 3 N–H and O–H groups in total. The van der Waals surface area contributed by atoms with E-state index >= 15 is 0 Å². The van der Waals surface area contributed by atoms with Gasteiger partial charge in [-0.3, -0.25) is 14.9 Å². The molecular weight excluding hydrogens is 398 g/mol. The molecule has 1 aromatic heterocycles. The van der Waals surface area contributed by atoms with Crippen molar-refractivity contribution in [2.45, 2.75) is 30.9 Å². The molecule has 9 nitrogen and oxygen atoms in total. The molecule has 10 heteroatoms. The number of carbonyl (C=O) groups excluding carboxylic acids is 3. The van der Waals surface area contributed by atoms with Crippen LogP contribution in [-0.4, -0.2) is 40.0 Å². The van der Waals surface area contributed by atoms with E-state index in [0.717, 1.165) is 19.3 Å². The molecule has 0 bridgehead atoms. The number of amides is 4. The Balaban J connectivity index is 1.51. The van der Waals surface area contributed by atoms with Crippen LogP contribution in [0.4, 0.5) is 4.79 Å². The number of imide groups is 1. The van der Waals surface area contributed by atoms with Crippen molar-refractivity contribution in [2.75, 3.05) is 6.54 Å². The second kappa shape index (κ2) is 7.40. The lowest BCUT2D eigenvalue weighted by atomic mass is 9.96. The molecule has 1 atom stereocenters. The predicted molar refractivity (Wildman–Crippen MR) is 104 cm³/mol. The van der Waals surface area contributed by atoms with Gasteiger partial charge in [0.25, 0.3) is 11.8 Å². The van der Waals surface area contributed by atoms with Crippen LogP contribution in [-0.2, 0) is 17.4 Å². The standard InChI is InChI=1S/C19H20ClN5O4/c1-25-8-7-21-16(25)19(17(27)23-18(28)24-19)10-22-15(26)13-6-5-12(9-14(13)20)29-11-3-2-4-11/h5-9,11H,2-4,10H2,1H3,(H,22,26)(H2,23,24,27,28). The highest BCUT2D eigenvalue weighted by Crippen LogP contribution is 2.29. The lowest BCUT2D eigenvalue weighted by Crippen LogP contribution is -2.54. The summed E-state index contributed by atoms with van der Waals surface area (Å²) in [5.74, 6) is -0.153. The van der Waals surface area contributed by atoms with Gasteiger partial charge in [-0.25, -0.2) is 9.78 Å². The van der Waals surface area contributed by atoms with Crippen molar-refractivity contribution in [1.82, 2.24) is 25.5 Å². The highest BCUT2D eigenvalue weighted by molar-refractivity contribution is 6.34. The summed E-state index contributed by atoms with van der Waals surface area (Å²) in [6.07, 6.45) is 6.54. The SMILES string of the molecule is Cn1ccnc1C1(CNC(=O)c2ccc(OC3CCC3)cc2Cl)NC(=O)NC1=O. The first-order valence-electron chi connectivity index (χ1n) is 9.25. The van der Waals surface area contributed by atoms with Crippen LogP contribution in [0.2, 0.25) is 5.02 Å². The smallest absolute Gasteiger partial charge is 0.322 e. The highest BCUT2D eigenvalue weighted by Gasteiger charge is 2.50. The average Bonchev–Trinajstić information content (AvgIpc) is 3.19. The Morgan fingerprint density at radius 3 is 2.76 bits per heavy atom. The Hall–Kier alpha value is -3.07. The van der Waals surface area contributed by atoms with Crippen molar-refractivity contribution in [1.29, 1.82) is 0 Å². The summed E-state index contributed by atoms with van der Waals surface area (Å²) in [4.78, 5) is 41.2. The third-order valence-electron chi connectivity index (χ3n) is 5.20. The zero-order valence-electron chi connectivity index (χ0n) is 15.7. The second-order valence-corrected chi connectivity index (χ2v) is 7.58. The van der Waals surface area contributed by atoms with Crippen molar-refractivity contribution >= 4 is 29.4 Å². The Kier molecular flexibility index (Phi) is 4.91. The summed E-state index contributed by atoms with van der Waals surface area (Å²) in [6, 6.07) is 4.22. The molecule has 1 aliphatic heterocycles. The molecule has 1 aromatic carbocycles. The Morgan fingerprint density at radius 1 is 1.41 bits per heavy atom. The van der Waals surface area contributed by atoms with Gasteiger partial charge >= 0.3 is 6.03 Å². The Morgan fingerprint density at radius 2 is 2.21 bits per heavy atom. The number of hydrogen-bond acceptors (Lipinski definition) is 5. The number of carbonyl (C=O) groups is 3. The number of ether oxygens (including phenoxy) is 1. The number of aryl methyl sites for hydroxylation is 1. The Bertz CT molecular complexity index is 987. The van der Waals surface area contributed by atoms with Gasteiger partial charge in [-0.1, -0.05) is 11.6 Å². The van der Waals surface area contributed by atoms with E-state index in [0.29, 0.717) is 11.6 Å². The molecule has 1 aliphatic carbocycles. The first-order chi connectivity index (χ1) is 13.9. The van der Waals surface area contributed by atoms with E-state index in [1.54, 1.807) is 36.0 Å². The molecule has 4 amide bonds. The first-order valence-corrected chi connectivity index (χ1v) is 9.62. The minimum absolute atomic E-state index is 0.190. The molecule has 2 aromatic rings. The molecule has 0 radical (unpaired) electrons. The zero-order chi connectivity index (χ0) is 20.6. The van der Waals surface area contributed by atoms with Crippen molar-refractivity contribution in [3.63, 3.8) is 0 Å². The number of benzene rings is 1. The maximum atomic E-state index is 12.7. The van der Waals surface area contributed by atoms with Gasteiger partial charge in [0.05, 0.1) is 23.2 Å². The van der Waals surface area contributed by atoms with Crippen LogP contribution in [0, 0.1) is 0 Å². The Labute approximate surface area is 171 Å². The lowest BCUT2D eigenvalue weighted by Gasteiger charge is -2.27. The first kappa shape index (κ1) is 19.3. The van der Waals surface area contributed by atoms with Gasteiger partial charge in [-0.15, -0.1) is 0 Å². The quantitative estimate of drug-likeness (QED) is 0.616. The fourth-order valence-electron chi connectivity index (χ4n) is 3.37. The maximum Gasteiger partial charge on any atom is 0.322 e. The minimum Gasteiger partial charge on any atom is -0.490 e. The van der Waals surface area contributed by atoms with E-state index in [9.17, 15) is 14.4 Å². The molecule has 0 spiro atoms. The van der Waals surface area contributed by atoms with Crippen molar-refractivity contribution in [2.24, 2.45) is 7.05 Å². The molecule has 1 unspecified atom stereocenters. The van der Waals surface area contributed by atoms with E-state index in [2.05, 4.69) is 20.9 Å². The van der Waals surface area contributed by atoms with Gasteiger partial charge in [-0.2, -0.15) is 0 Å². The third kappa shape index (κ3) is 3.53. The maximum absolute atomic E-state index is 12.7. The number of urea groups is 1. The van der Waals surface area contributed by atoms with Crippen LogP contribution in [0.25, 0.3) is 0 Å². The normalized spacial score (nSPS) is 21.3. The third-order valence-corrected chi connectivity index (χ3v) is 5.51. The summed E-state index contributed by atoms with van der Waals surface area (Å²) in [7, 11) is 1.70. The molecular formula is C19H20ClN5O4. The van der Waals surface area contributed by atoms with E-state index < -0.39 is 23.4 Å². The largest absolute Gasteiger partial charge is 0.490 e. The second-order valence-electron chi connectivity index (χ2n) is 7.17. The lowest BCUT2D eigenvalue weighted by molar-refractivity contribution is -0.124. The summed E-state index contributed by atoms with van der Waals surface area (Å²) in [5, 5.41) is 7.69. The number of rotatable bonds is 6. The molecule has 152 valence electrons. The van der Waals surface area contributed by atoms with Gasteiger partial charge in [0.15, 0.2) is 5.54 Å². The summed E-state index contributed by atoms with van der Waals surface area (Å²) in [6.45, 7) is -0.190. The van der Waals surface area contributed by atoms with Gasteiger partial charge in [0.2, 0.25) is 0 Å². The fraction of sp³-hybridized carbons (Fsp3) is 0.368. The van der Waals surface area contributed by atoms with Gasteiger partial charge in [0.1, 0.15) is 11.6 Å².